The van der Waals surface area contributed by atoms with Gasteiger partial charge in [-0.1, -0.05) is 48.5 Å². The summed E-state index contributed by atoms with van der Waals surface area (Å²) in [7, 11) is -3.79. The third-order valence-electron chi connectivity index (χ3n) is 5.32. The van der Waals surface area contributed by atoms with Crippen molar-refractivity contribution in [1.82, 2.24) is 10.0 Å². The molecule has 0 unspecified atom stereocenters. The molecule has 2 N–H and O–H groups in total. The van der Waals surface area contributed by atoms with Gasteiger partial charge in [-0.25, -0.2) is 26.3 Å². The lowest BCUT2D eigenvalue weighted by Crippen LogP contribution is -2.52. The Morgan fingerprint density at radius 3 is 2.46 bits per heavy atom. The highest BCUT2D eigenvalue weighted by atomic mass is 32.2. The summed E-state index contributed by atoms with van der Waals surface area (Å²) < 4.78 is 70.3. The average Bonchev–Trinajstić information content (AvgIpc) is 3.48. The summed E-state index contributed by atoms with van der Waals surface area (Å²) in [6, 6.07) is 11.3. The fourth-order valence-electron chi connectivity index (χ4n) is 3.61. The predicted molar refractivity (Wildman–Crippen MR) is 101 cm³/mol. The zero-order valence-corrected chi connectivity index (χ0v) is 15.9. The number of alkyl halides is 2. The lowest BCUT2D eigenvalue weighted by molar-refractivity contribution is -0.000904. The number of halogens is 3. The second-order valence-electron chi connectivity index (χ2n) is 7.44. The van der Waals surface area contributed by atoms with Crippen molar-refractivity contribution >= 4 is 10.0 Å². The first-order chi connectivity index (χ1) is 13.3. The van der Waals surface area contributed by atoms with Gasteiger partial charge in [-0.05, 0) is 30.4 Å². The smallest absolute Gasteiger partial charge is 0.277 e. The summed E-state index contributed by atoms with van der Waals surface area (Å²) in [6.07, 6.45) is 0.929. The van der Waals surface area contributed by atoms with Gasteiger partial charge in [-0.3, -0.25) is 0 Å². The quantitative estimate of drug-likeness (QED) is 0.770. The molecule has 1 saturated carbocycles. The Bertz CT molecular complexity index is 963. The molecule has 4 rings (SSSR count). The van der Waals surface area contributed by atoms with Gasteiger partial charge in [0.1, 0.15) is 11.9 Å². The Morgan fingerprint density at radius 1 is 1.07 bits per heavy atom. The van der Waals surface area contributed by atoms with E-state index in [1.807, 2.05) is 6.07 Å². The van der Waals surface area contributed by atoms with Gasteiger partial charge < -0.3 is 5.32 Å². The molecule has 0 spiro atoms. The summed E-state index contributed by atoms with van der Waals surface area (Å²) in [5.41, 5.74) is 1.35. The van der Waals surface area contributed by atoms with E-state index < -0.39 is 45.6 Å². The lowest BCUT2D eigenvalue weighted by atomic mass is 9.96. The van der Waals surface area contributed by atoms with Crippen LogP contribution in [-0.2, 0) is 16.4 Å². The van der Waals surface area contributed by atoms with Gasteiger partial charge in [0.05, 0.1) is 11.8 Å². The van der Waals surface area contributed by atoms with E-state index in [-0.39, 0.29) is 12.0 Å². The van der Waals surface area contributed by atoms with Crippen molar-refractivity contribution in [2.75, 3.05) is 6.54 Å². The number of rotatable bonds is 6. The SMILES string of the molecule is O=S(=O)(N[C@@H]1[C@H](Cc2cccc(-c3ccccc3)c2F)NCC1(F)F)C1CC1. The topological polar surface area (TPSA) is 58.2 Å². The van der Waals surface area contributed by atoms with Crippen molar-refractivity contribution in [2.24, 2.45) is 0 Å². The molecule has 4 nitrogen and oxygen atoms in total. The Kier molecular flexibility index (Phi) is 4.97. The molecular formula is C20H21F3N2O2S. The molecule has 0 bridgehead atoms. The zero-order chi connectivity index (χ0) is 19.9. The minimum atomic E-state index is -3.79. The molecule has 28 heavy (non-hydrogen) atoms. The Balaban J connectivity index is 1.59. The van der Waals surface area contributed by atoms with Crippen LogP contribution in [0.1, 0.15) is 18.4 Å². The second kappa shape index (κ2) is 7.17. The minimum Gasteiger partial charge on any atom is -0.306 e. The van der Waals surface area contributed by atoms with E-state index in [0.717, 1.165) is 0 Å². The minimum absolute atomic E-state index is 0.0417. The van der Waals surface area contributed by atoms with Crippen molar-refractivity contribution in [3.63, 3.8) is 0 Å². The van der Waals surface area contributed by atoms with Crippen LogP contribution < -0.4 is 10.0 Å². The number of benzene rings is 2. The molecule has 1 saturated heterocycles. The Hall–Kier alpha value is -1.90. The van der Waals surface area contributed by atoms with Crippen molar-refractivity contribution in [1.29, 1.82) is 0 Å². The predicted octanol–water partition coefficient (Wildman–Crippen LogP) is 3.09. The fourth-order valence-corrected chi connectivity index (χ4v) is 5.25. The van der Waals surface area contributed by atoms with Crippen molar-refractivity contribution < 1.29 is 21.6 Å². The summed E-state index contributed by atoms with van der Waals surface area (Å²) in [6.45, 7) is -0.643. The van der Waals surface area contributed by atoms with E-state index >= 15 is 4.39 Å². The highest BCUT2D eigenvalue weighted by Gasteiger charge is 2.53. The molecule has 8 heteroatoms. The van der Waals surface area contributed by atoms with Gasteiger partial charge in [-0.15, -0.1) is 0 Å². The number of sulfonamides is 1. The molecule has 1 heterocycles. The maximum Gasteiger partial charge on any atom is 0.277 e. The summed E-state index contributed by atoms with van der Waals surface area (Å²) >= 11 is 0. The van der Waals surface area contributed by atoms with Gasteiger partial charge >= 0.3 is 0 Å². The first-order valence-electron chi connectivity index (χ1n) is 9.23. The van der Waals surface area contributed by atoms with Crippen LogP contribution in [-0.4, -0.2) is 38.2 Å². The first kappa shape index (κ1) is 19.4. The lowest BCUT2D eigenvalue weighted by Gasteiger charge is -2.25. The monoisotopic (exact) mass is 410 g/mol. The van der Waals surface area contributed by atoms with Crippen LogP contribution in [0.2, 0.25) is 0 Å². The van der Waals surface area contributed by atoms with Crippen LogP contribution in [0.15, 0.2) is 48.5 Å². The Labute approximate surface area is 162 Å². The fraction of sp³-hybridized carbons (Fsp3) is 0.400. The Morgan fingerprint density at radius 2 is 1.79 bits per heavy atom. The van der Waals surface area contributed by atoms with Crippen LogP contribution in [0.5, 0.6) is 0 Å². The van der Waals surface area contributed by atoms with E-state index in [2.05, 4.69) is 10.0 Å². The standard InChI is InChI=1S/C20H21F3N2O2S/c21-18-14(7-4-8-16(18)13-5-2-1-3-6-13)11-17-19(20(22,23)12-24-17)25-28(26,27)15-9-10-15/h1-8,15,17,19,24-25H,9-12H2/t17-,19+/m0/s1. The second-order valence-corrected chi connectivity index (χ2v) is 9.43. The molecule has 0 radical (unpaired) electrons. The molecule has 0 aromatic heterocycles. The summed E-state index contributed by atoms with van der Waals surface area (Å²) in [5.74, 6) is -3.71. The molecule has 2 aliphatic rings. The van der Waals surface area contributed by atoms with Crippen LogP contribution in [0, 0.1) is 5.82 Å². The number of hydrogen-bond acceptors (Lipinski definition) is 3. The zero-order valence-electron chi connectivity index (χ0n) is 15.0. The molecule has 0 amide bonds. The maximum absolute atomic E-state index is 15.1. The van der Waals surface area contributed by atoms with E-state index in [1.165, 1.54) is 0 Å². The summed E-state index contributed by atoms with van der Waals surface area (Å²) in [5, 5.41) is 2.08. The van der Waals surface area contributed by atoms with Gasteiger partial charge in [0.25, 0.3) is 5.92 Å². The van der Waals surface area contributed by atoms with E-state index in [0.29, 0.717) is 24.0 Å². The molecule has 2 aromatic carbocycles. The summed E-state index contributed by atoms with van der Waals surface area (Å²) in [4.78, 5) is 0. The first-order valence-corrected chi connectivity index (χ1v) is 10.8. The molecule has 2 atom stereocenters. The molecule has 2 aromatic rings. The molecule has 150 valence electrons. The van der Waals surface area contributed by atoms with Crippen LogP contribution in [0.3, 0.4) is 0 Å². The number of nitrogens with one attached hydrogen (secondary N) is 2. The van der Waals surface area contributed by atoms with Crippen molar-refractivity contribution in [2.45, 2.75) is 42.5 Å². The average molecular weight is 410 g/mol. The number of hydrogen-bond donors (Lipinski definition) is 2. The van der Waals surface area contributed by atoms with Crippen molar-refractivity contribution in [3.8, 4) is 11.1 Å². The maximum atomic E-state index is 15.1. The third-order valence-corrected chi connectivity index (χ3v) is 7.25. The molecule has 2 fully saturated rings. The van der Waals surface area contributed by atoms with Gasteiger partial charge in [0.15, 0.2) is 0 Å². The highest BCUT2D eigenvalue weighted by Crippen LogP contribution is 2.34. The van der Waals surface area contributed by atoms with Crippen LogP contribution in [0.25, 0.3) is 11.1 Å². The van der Waals surface area contributed by atoms with Crippen molar-refractivity contribution in [3.05, 3.63) is 59.9 Å². The van der Waals surface area contributed by atoms with Gasteiger partial charge in [0.2, 0.25) is 10.0 Å². The van der Waals surface area contributed by atoms with E-state index in [9.17, 15) is 17.2 Å². The van der Waals surface area contributed by atoms with E-state index in [1.54, 1.807) is 42.5 Å². The largest absolute Gasteiger partial charge is 0.306 e. The highest BCUT2D eigenvalue weighted by molar-refractivity contribution is 7.90. The molecule has 1 aliphatic carbocycles. The molecular weight excluding hydrogens is 389 g/mol. The van der Waals surface area contributed by atoms with Gasteiger partial charge in [0, 0.05) is 11.6 Å². The van der Waals surface area contributed by atoms with Gasteiger partial charge in [-0.2, -0.15) is 0 Å². The third kappa shape index (κ3) is 3.81. The molecule has 1 aliphatic heterocycles. The van der Waals surface area contributed by atoms with Crippen LogP contribution >= 0.6 is 0 Å². The van der Waals surface area contributed by atoms with E-state index in [4.69, 9.17) is 0 Å². The normalized spacial score (nSPS) is 24.4. The van der Waals surface area contributed by atoms with Crippen LogP contribution in [0.4, 0.5) is 13.2 Å².